The molecule has 2 aromatic rings. The second kappa shape index (κ2) is 5.00. The van der Waals surface area contributed by atoms with Gasteiger partial charge >= 0.3 is 12.1 Å². The predicted octanol–water partition coefficient (Wildman–Crippen LogP) is 1.44. The van der Waals surface area contributed by atoms with Crippen LogP contribution in [0, 0.1) is 6.92 Å². The number of aromatic nitrogens is 2. The highest BCUT2D eigenvalue weighted by atomic mass is 19.4. The normalized spacial score (nSPS) is 11.4. The first-order valence-electron chi connectivity index (χ1n) is 5.61. The molecule has 1 aromatic carbocycles. The van der Waals surface area contributed by atoms with Crippen molar-refractivity contribution in [2.24, 2.45) is 0 Å². The number of hydrogen-bond donors (Lipinski definition) is 2. The van der Waals surface area contributed by atoms with Gasteiger partial charge in [0.1, 0.15) is 0 Å². The van der Waals surface area contributed by atoms with Crippen LogP contribution in [-0.2, 0) is 0 Å². The van der Waals surface area contributed by atoms with E-state index in [1.807, 2.05) is 4.98 Å². The fourth-order valence-corrected chi connectivity index (χ4v) is 1.69. The summed E-state index contributed by atoms with van der Waals surface area (Å²) in [5, 5.41) is 9.84. The summed E-state index contributed by atoms with van der Waals surface area (Å²) >= 11 is 0. The van der Waals surface area contributed by atoms with Crippen LogP contribution in [0.15, 0.2) is 33.9 Å². The lowest BCUT2D eigenvalue weighted by molar-refractivity contribution is -0.274. The van der Waals surface area contributed by atoms with Crippen molar-refractivity contribution in [2.75, 3.05) is 0 Å². The molecule has 6 nitrogen and oxygen atoms in total. The van der Waals surface area contributed by atoms with E-state index in [0.717, 1.165) is 12.1 Å². The van der Waals surface area contributed by atoms with Crippen molar-refractivity contribution in [2.45, 2.75) is 13.3 Å². The van der Waals surface area contributed by atoms with Gasteiger partial charge in [-0.15, -0.1) is 13.2 Å². The van der Waals surface area contributed by atoms with Gasteiger partial charge < -0.3 is 9.84 Å². The SMILES string of the molecule is Cc1c(O)n(-c2ccccc2OC(F)(F)F)c(=O)[nH]c1=O. The quantitative estimate of drug-likeness (QED) is 0.879. The molecule has 1 heterocycles. The van der Waals surface area contributed by atoms with Crippen LogP contribution in [0.3, 0.4) is 0 Å². The van der Waals surface area contributed by atoms with E-state index in [0.29, 0.717) is 4.57 Å². The largest absolute Gasteiger partial charge is 0.573 e. The highest BCUT2D eigenvalue weighted by molar-refractivity contribution is 5.49. The number of para-hydroxylation sites is 2. The highest BCUT2D eigenvalue weighted by Gasteiger charge is 2.32. The summed E-state index contributed by atoms with van der Waals surface area (Å²) in [6.45, 7) is 1.22. The van der Waals surface area contributed by atoms with Gasteiger partial charge in [-0.2, -0.15) is 0 Å². The van der Waals surface area contributed by atoms with Crippen LogP contribution in [0.2, 0.25) is 0 Å². The molecule has 21 heavy (non-hydrogen) atoms. The number of hydrogen-bond acceptors (Lipinski definition) is 4. The standard InChI is InChI=1S/C12H9F3N2O4/c1-6-9(18)16-11(20)17(10(6)19)7-4-2-3-5-8(7)21-12(13,14)15/h2-5,19H,1H3,(H,16,18,20). The Balaban J connectivity index is 2.72. The smallest absolute Gasteiger partial charge is 0.494 e. The minimum Gasteiger partial charge on any atom is -0.494 e. The third-order valence-corrected chi connectivity index (χ3v) is 2.64. The van der Waals surface area contributed by atoms with Crippen LogP contribution >= 0.6 is 0 Å². The van der Waals surface area contributed by atoms with Crippen LogP contribution in [0.1, 0.15) is 5.56 Å². The van der Waals surface area contributed by atoms with Crippen molar-refractivity contribution in [3.8, 4) is 17.3 Å². The Kier molecular flexibility index (Phi) is 3.50. The molecule has 0 radical (unpaired) electrons. The Bertz CT molecular complexity index is 792. The molecule has 0 saturated heterocycles. The first-order chi connectivity index (χ1) is 9.70. The lowest BCUT2D eigenvalue weighted by atomic mass is 10.2. The van der Waals surface area contributed by atoms with Gasteiger partial charge in [0.15, 0.2) is 5.75 Å². The Morgan fingerprint density at radius 3 is 2.48 bits per heavy atom. The molecule has 0 aliphatic rings. The van der Waals surface area contributed by atoms with Crippen molar-refractivity contribution >= 4 is 0 Å². The average molecular weight is 302 g/mol. The van der Waals surface area contributed by atoms with Gasteiger partial charge in [0.05, 0.1) is 11.3 Å². The predicted molar refractivity (Wildman–Crippen MR) is 65.7 cm³/mol. The van der Waals surface area contributed by atoms with Crippen LogP contribution in [0.5, 0.6) is 11.6 Å². The molecule has 0 saturated carbocycles. The summed E-state index contributed by atoms with van der Waals surface area (Å²) in [7, 11) is 0. The lowest BCUT2D eigenvalue weighted by Crippen LogP contribution is -2.31. The molecular formula is C12H9F3N2O4. The monoisotopic (exact) mass is 302 g/mol. The second-order valence-electron chi connectivity index (χ2n) is 4.06. The molecule has 2 N–H and O–H groups in total. The summed E-state index contributed by atoms with van der Waals surface area (Å²) in [5.74, 6) is -1.45. The maximum Gasteiger partial charge on any atom is 0.573 e. The van der Waals surface area contributed by atoms with E-state index < -0.39 is 29.2 Å². The van der Waals surface area contributed by atoms with Gasteiger partial charge in [-0.05, 0) is 19.1 Å². The molecule has 0 amide bonds. The van der Waals surface area contributed by atoms with Crippen molar-refractivity contribution in [3.63, 3.8) is 0 Å². The third-order valence-electron chi connectivity index (χ3n) is 2.64. The Labute approximate surface area is 115 Å². The molecule has 0 aliphatic heterocycles. The molecule has 1 aromatic heterocycles. The van der Waals surface area contributed by atoms with Gasteiger partial charge in [-0.1, -0.05) is 12.1 Å². The van der Waals surface area contributed by atoms with Crippen molar-refractivity contribution in [1.29, 1.82) is 0 Å². The number of nitrogens with zero attached hydrogens (tertiary/aromatic N) is 1. The van der Waals surface area contributed by atoms with Crippen LogP contribution < -0.4 is 16.0 Å². The van der Waals surface area contributed by atoms with Crippen LogP contribution in [0.4, 0.5) is 13.2 Å². The van der Waals surface area contributed by atoms with Crippen LogP contribution in [-0.4, -0.2) is 21.0 Å². The Morgan fingerprint density at radius 2 is 1.86 bits per heavy atom. The lowest BCUT2D eigenvalue weighted by Gasteiger charge is -2.15. The molecule has 9 heteroatoms. The maximum atomic E-state index is 12.4. The fraction of sp³-hybridized carbons (Fsp3) is 0.167. The fourth-order valence-electron chi connectivity index (χ4n) is 1.69. The van der Waals surface area contributed by atoms with E-state index in [4.69, 9.17) is 0 Å². The highest BCUT2D eigenvalue weighted by Crippen LogP contribution is 2.30. The number of alkyl halides is 3. The number of halogens is 3. The summed E-state index contributed by atoms with van der Waals surface area (Å²) in [5.41, 5.74) is -2.47. The van der Waals surface area contributed by atoms with Crippen LogP contribution in [0.25, 0.3) is 5.69 Å². The van der Waals surface area contributed by atoms with E-state index >= 15 is 0 Å². The number of aromatic hydroxyl groups is 1. The van der Waals surface area contributed by atoms with Crippen molar-refractivity contribution in [1.82, 2.24) is 9.55 Å². The number of H-pyrrole nitrogens is 1. The van der Waals surface area contributed by atoms with Gasteiger partial charge in [0.2, 0.25) is 5.88 Å². The van der Waals surface area contributed by atoms with Gasteiger partial charge in [-0.3, -0.25) is 9.78 Å². The number of benzene rings is 1. The minimum absolute atomic E-state index is 0.212. The van der Waals surface area contributed by atoms with E-state index in [1.54, 1.807) is 0 Å². The molecular weight excluding hydrogens is 293 g/mol. The number of rotatable bonds is 2. The van der Waals surface area contributed by atoms with Gasteiger partial charge in [0.25, 0.3) is 5.56 Å². The van der Waals surface area contributed by atoms with E-state index in [9.17, 15) is 27.9 Å². The Hall–Kier alpha value is -2.71. The number of ether oxygens (including phenoxy) is 1. The molecule has 0 atom stereocenters. The average Bonchev–Trinajstić information content (AvgIpc) is 2.36. The van der Waals surface area contributed by atoms with E-state index in [-0.39, 0.29) is 11.3 Å². The second-order valence-corrected chi connectivity index (χ2v) is 4.06. The first kappa shape index (κ1) is 14.7. The molecule has 0 bridgehead atoms. The molecule has 112 valence electrons. The summed E-state index contributed by atoms with van der Waals surface area (Å²) in [4.78, 5) is 25.0. The first-order valence-corrected chi connectivity index (χ1v) is 5.61. The molecule has 0 aliphatic carbocycles. The molecule has 0 spiro atoms. The van der Waals surface area contributed by atoms with E-state index in [1.165, 1.54) is 19.1 Å². The Morgan fingerprint density at radius 1 is 1.24 bits per heavy atom. The summed E-state index contributed by atoms with van der Waals surface area (Å²) in [6, 6.07) is 4.74. The molecule has 2 rings (SSSR count). The zero-order valence-electron chi connectivity index (χ0n) is 10.6. The third kappa shape index (κ3) is 2.91. The van der Waals surface area contributed by atoms with Gasteiger partial charge in [0, 0.05) is 0 Å². The van der Waals surface area contributed by atoms with Crippen molar-refractivity contribution in [3.05, 3.63) is 50.7 Å². The zero-order valence-corrected chi connectivity index (χ0v) is 10.6. The number of aromatic amines is 1. The minimum atomic E-state index is -4.97. The summed E-state index contributed by atoms with van der Waals surface area (Å²) < 4.78 is 41.4. The maximum absolute atomic E-state index is 12.4. The topological polar surface area (TPSA) is 84.3 Å². The molecule has 0 unspecified atom stereocenters. The van der Waals surface area contributed by atoms with E-state index in [2.05, 4.69) is 4.74 Å². The molecule has 0 fully saturated rings. The number of nitrogens with one attached hydrogen (secondary N) is 1. The van der Waals surface area contributed by atoms with Crippen molar-refractivity contribution < 1.29 is 23.0 Å². The zero-order chi connectivity index (χ0) is 15.8. The van der Waals surface area contributed by atoms with Gasteiger partial charge in [-0.25, -0.2) is 9.36 Å². The summed E-state index contributed by atoms with van der Waals surface area (Å²) in [6.07, 6.45) is -4.97.